The van der Waals surface area contributed by atoms with Crippen LogP contribution in [-0.2, 0) is 14.9 Å². The van der Waals surface area contributed by atoms with Crippen molar-refractivity contribution in [3.05, 3.63) is 81.8 Å². The number of carbonyl (C=O) groups is 1. The van der Waals surface area contributed by atoms with Crippen molar-refractivity contribution in [1.82, 2.24) is 0 Å². The van der Waals surface area contributed by atoms with Crippen molar-refractivity contribution in [1.29, 1.82) is 5.26 Å². The number of halogens is 1. The first kappa shape index (κ1) is 25.8. The number of hydrogen-bond acceptors (Lipinski definition) is 7. The number of rotatable bonds is 8. The summed E-state index contributed by atoms with van der Waals surface area (Å²) in [6.07, 6.45) is 1.33. The molecule has 3 rings (SSSR count). The molecule has 0 aliphatic carbocycles. The molecule has 0 unspecified atom stereocenters. The zero-order valence-electron chi connectivity index (χ0n) is 18.8. The first-order valence-corrected chi connectivity index (χ1v) is 12.5. The van der Waals surface area contributed by atoms with Crippen molar-refractivity contribution in [2.24, 2.45) is 0 Å². The van der Waals surface area contributed by atoms with Gasteiger partial charge in [-0.15, -0.1) is 0 Å². The van der Waals surface area contributed by atoms with Gasteiger partial charge in [-0.05, 0) is 89.9 Å². The van der Waals surface area contributed by atoms with Crippen LogP contribution in [0.3, 0.4) is 0 Å². The Kier molecular flexibility index (Phi) is 8.17. The molecular weight excluding hydrogens is 536 g/mol. The summed E-state index contributed by atoms with van der Waals surface area (Å²) >= 11 is 3.31. The predicted octanol–water partition coefficient (Wildman–Crippen LogP) is 5.18. The van der Waals surface area contributed by atoms with Crippen LogP contribution in [0.2, 0.25) is 0 Å². The second-order valence-electron chi connectivity index (χ2n) is 7.28. The number of nitriles is 1. The lowest BCUT2D eigenvalue weighted by Gasteiger charge is -2.15. The van der Waals surface area contributed by atoms with Gasteiger partial charge in [0.15, 0.2) is 11.5 Å². The molecule has 3 aromatic rings. The second-order valence-corrected chi connectivity index (χ2v) is 9.68. The fraction of sp³-hybridized carbons (Fsp3) is 0.120. The van der Waals surface area contributed by atoms with E-state index in [1.54, 1.807) is 19.1 Å². The van der Waals surface area contributed by atoms with Crippen LogP contribution in [-0.4, -0.2) is 26.0 Å². The van der Waals surface area contributed by atoms with Crippen LogP contribution in [0, 0.1) is 18.3 Å². The number of aromatic hydroxyl groups is 1. The minimum absolute atomic E-state index is 0.0147. The van der Waals surface area contributed by atoms with Crippen molar-refractivity contribution in [2.75, 3.05) is 11.9 Å². The molecule has 0 heterocycles. The summed E-state index contributed by atoms with van der Waals surface area (Å²) < 4.78 is 36.8. The van der Waals surface area contributed by atoms with Crippen LogP contribution in [0.15, 0.2) is 75.6 Å². The maximum Gasteiger partial charge on any atom is 0.339 e. The Bertz CT molecular complexity index is 1410. The third kappa shape index (κ3) is 6.62. The van der Waals surface area contributed by atoms with Gasteiger partial charge in [0, 0.05) is 5.69 Å². The Morgan fingerprint density at radius 2 is 1.80 bits per heavy atom. The summed E-state index contributed by atoms with van der Waals surface area (Å²) in [7, 11) is -4.14. The minimum Gasteiger partial charge on any atom is -0.508 e. The first-order valence-electron chi connectivity index (χ1n) is 10.3. The van der Waals surface area contributed by atoms with Crippen molar-refractivity contribution in [3.63, 3.8) is 0 Å². The number of anilines is 1. The number of nitrogens with one attached hydrogen (secondary N) is 1. The lowest BCUT2D eigenvalue weighted by Crippen LogP contribution is -2.13. The van der Waals surface area contributed by atoms with Gasteiger partial charge < -0.3 is 19.3 Å². The van der Waals surface area contributed by atoms with E-state index in [1.807, 2.05) is 13.0 Å². The van der Waals surface area contributed by atoms with E-state index >= 15 is 0 Å². The van der Waals surface area contributed by atoms with E-state index in [0.29, 0.717) is 11.3 Å². The number of ether oxygens (including phenoxy) is 1. The number of benzene rings is 3. The lowest BCUT2D eigenvalue weighted by atomic mass is 10.1. The molecule has 180 valence electrons. The Hall–Kier alpha value is -3.81. The van der Waals surface area contributed by atoms with Gasteiger partial charge in [0.05, 0.1) is 11.1 Å². The average molecular weight is 557 g/mol. The lowest BCUT2D eigenvalue weighted by molar-refractivity contribution is -0.112. The van der Waals surface area contributed by atoms with Gasteiger partial charge in [-0.2, -0.15) is 13.7 Å². The molecule has 2 N–H and O–H groups in total. The zero-order chi connectivity index (χ0) is 25.6. The molecule has 1 amide bonds. The Balaban J connectivity index is 1.93. The minimum atomic E-state index is -4.14. The molecule has 0 aliphatic rings. The zero-order valence-corrected chi connectivity index (χ0v) is 21.2. The number of amides is 1. The van der Waals surface area contributed by atoms with Crippen LogP contribution in [0.5, 0.6) is 17.2 Å². The third-order valence-electron chi connectivity index (χ3n) is 4.64. The highest BCUT2D eigenvalue weighted by Gasteiger charge is 2.22. The van der Waals surface area contributed by atoms with Crippen LogP contribution in [0.25, 0.3) is 6.08 Å². The van der Waals surface area contributed by atoms with Gasteiger partial charge in [-0.25, -0.2) is 0 Å². The number of carbonyl (C=O) groups excluding carboxylic acids is 1. The highest BCUT2D eigenvalue weighted by Crippen LogP contribution is 2.39. The predicted molar refractivity (Wildman–Crippen MR) is 135 cm³/mol. The van der Waals surface area contributed by atoms with Crippen molar-refractivity contribution in [2.45, 2.75) is 18.7 Å². The van der Waals surface area contributed by atoms with E-state index in [-0.39, 0.29) is 38.8 Å². The third-order valence-corrected chi connectivity index (χ3v) is 6.46. The monoisotopic (exact) mass is 556 g/mol. The molecule has 0 aromatic heterocycles. The van der Waals surface area contributed by atoms with E-state index < -0.39 is 16.0 Å². The summed E-state index contributed by atoms with van der Waals surface area (Å²) in [6, 6.07) is 16.8. The molecule has 35 heavy (non-hydrogen) atoms. The van der Waals surface area contributed by atoms with E-state index in [4.69, 9.17) is 8.92 Å². The average Bonchev–Trinajstić information content (AvgIpc) is 2.81. The summed E-state index contributed by atoms with van der Waals surface area (Å²) in [5, 5.41) is 21.4. The molecule has 0 saturated carbocycles. The SMILES string of the molecule is CCOc1cc(/C=C(\C#N)C(=O)Nc2ccc(O)cc2)cc(Br)c1OS(=O)(=O)c1ccc(C)cc1. The normalized spacial score (nSPS) is 11.4. The van der Waals surface area contributed by atoms with Crippen LogP contribution in [0.4, 0.5) is 5.69 Å². The van der Waals surface area contributed by atoms with Gasteiger partial charge >= 0.3 is 10.1 Å². The smallest absolute Gasteiger partial charge is 0.339 e. The summed E-state index contributed by atoms with van der Waals surface area (Å²) in [5.41, 5.74) is 1.50. The number of phenols is 1. The number of phenolic OH excluding ortho intramolecular Hbond substituents is 1. The quantitative estimate of drug-likeness (QED) is 0.169. The molecular formula is C25H21BrN2O6S. The fourth-order valence-electron chi connectivity index (χ4n) is 2.94. The fourth-order valence-corrected chi connectivity index (χ4v) is 4.54. The van der Waals surface area contributed by atoms with E-state index in [2.05, 4.69) is 21.2 Å². The number of nitrogens with zero attached hydrogens (tertiary/aromatic N) is 1. The summed E-state index contributed by atoms with van der Waals surface area (Å²) in [4.78, 5) is 12.5. The van der Waals surface area contributed by atoms with E-state index in [0.717, 1.165) is 5.56 Å². The molecule has 0 aliphatic heterocycles. The number of aryl methyl sites for hydroxylation is 1. The first-order chi connectivity index (χ1) is 16.6. The molecule has 0 spiro atoms. The van der Waals surface area contributed by atoms with Crippen molar-refractivity contribution < 1.29 is 27.2 Å². The molecule has 0 saturated heterocycles. The molecule has 0 bridgehead atoms. The second kappa shape index (κ2) is 11.1. The van der Waals surface area contributed by atoms with Crippen molar-refractivity contribution in [3.8, 4) is 23.3 Å². The summed E-state index contributed by atoms with van der Waals surface area (Å²) in [5.74, 6) is -0.565. The molecule has 0 fully saturated rings. The standard InChI is InChI=1S/C25H21BrN2O6S/c1-3-33-23-14-17(12-18(15-27)25(30)28-19-6-8-20(29)9-7-19)13-22(26)24(23)34-35(31,32)21-10-4-16(2)5-11-21/h4-14,29H,3H2,1-2H3,(H,28,30)/b18-12+. The van der Waals surface area contributed by atoms with Gasteiger partial charge in [-0.1, -0.05) is 17.7 Å². The maximum absolute atomic E-state index is 12.8. The maximum atomic E-state index is 12.8. The van der Waals surface area contributed by atoms with Crippen LogP contribution < -0.4 is 14.2 Å². The van der Waals surface area contributed by atoms with Crippen LogP contribution in [0.1, 0.15) is 18.1 Å². The Morgan fingerprint density at radius 1 is 1.14 bits per heavy atom. The summed E-state index contributed by atoms with van der Waals surface area (Å²) in [6.45, 7) is 3.78. The number of hydrogen-bond donors (Lipinski definition) is 2. The molecule has 0 atom stereocenters. The van der Waals surface area contributed by atoms with Gasteiger partial charge in [-0.3, -0.25) is 4.79 Å². The Labute approximate surface area is 211 Å². The van der Waals surface area contributed by atoms with E-state index in [9.17, 15) is 23.6 Å². The van der Waals surface area contributed by atoms with E-state index in [1.165, 1.54) is 54.6 Å². The largest absolute Gasteiger partial charge is 0.508 e. The molecule has 0 radical (unpaired) electrons. The molecule has 3 aromatic carbocycles. The van der Waals surface area contributed by atoms with Gasteiger partial charge in [0.1, 0.15) is 22.3 Å². The van der Waals surface area contributed by atoms with Gasteiger partial charge in [0.25, 0.3) is 5.91 Å². The Morgan fingerprint density at radius 3 is 2.40 bits per heavy atom. The van der Waals surface area contributed by atoms with Crippen molar-refractivity contribution >= 4 is 43.7 Å². The van der Waals surface area contributed by atoms with Gasteiger partial charge in [0.2, 0.25) is 0 Å². The highest BCUT2D eigenvalue weighted by molar-refractivity contribution is 9.10. The topological polar surface area (TPSA) is 126 Å². The highest BCUT2D eigenvalue weighted by atomic mass is 79.9. The molecule has 8 nitrogen and oxygen atoms in total. The van der Waals surface area contributed by atoms with Crippen LogP contribution >= 0.6 is 15.9 Å². The molecule has 10 heteroatoms.